The minimum atomic E-state index is -0.146. The lowest BCUT2D eigenvalue weighted by Gasteiger charge is -2.06. The van der Waals surface area contributed by atoms with Crippen molar-refractivity contribution in [3.63, 3.8) is 0 Å². The molecule has 4 heteroatoms. The highest BCUT2D eigenvalue weighted by Crippen LogP contribution is 2.28. The molecule has 0 atom stereocenters. The maximum Gasteiger partial charge on any atom is 0.193 e. The Kier molecular flexibility index (Phi) is 3.17. The van der Waals surface area contributed by atoms with Crippen LogP contribution in [0.1, 0.15) is 5.56 Å². The van der Waals surface area contributed by atoms with Crippen LogP contribution < -0.4 is 10.2 Å². The third-order valence-electron chi connectivity index (χ3n) is 3.21. The molecule has 2 aromatic carbocycles. The number of nitriles is 1. The summed E-state index contributed by atoms with van der Waals surface area (Å²) < 4.78 is 11.0. The Morgan fingerprint density at radius 2 is 1.95 bits per heavy atom. The van der Waals surface area contributed by atoms with Crippen LogP contribution >= 0.6 is 0 Å². The fraction of sp³-hybridized carbons (Fsp3) is 0.0588. The van der Waals surface area contributed by atoms with E-state index >= 15 is 0 Å². The molecule has 0 fully saturated rings. The zero-order chi connectivity index (χ0) is 14.8. The van der Waals surface area contributed by atoms with Crippen LogP contribution in [0.25, 0.3) is 22.3 Å². The summed E-state index contributed by atoms with van der Waals surface area (Å²) >= 11 is 0. The molecule has 0 amide bonds. The van der Waals surface area contributed by atoms with E-state index < -0.39 is 0 Å². The molecular weight excluding hydrogens is 266 g/mol. The van der Waals surface area contributed by atoms with Gasteiger partial charge in [0.2, 0.25) is 0 Å². The van der Waals surface area contributed by atoms with Crippen LogP contribution in [-0.4, -0.2) is 7.11 Å². The zero-order valence-corrected chi connectivity index (χ0v) is 11.3. The second kappa shape index (κ2) is 5.14. The van der Waals surface area contributed by atoms with E-state index in [4.69, 9.17) is 14.4 Å². The van der Waals surface area contributed by atoms with Gasteiger partial charge in [0.1, 0.15) is 5.76 Å². The smallest absolute Gasteiger partial charge is 0.193 e. The first-order chi connectivity index (χ1) is 10.2. The predicted octanol–water partition coefficient (Wildman–Crippen LogP) is 3.34. The molecule has 0 aliphatic rings. The normalized spacial score (nSPS) is 10.3. The molecule has 0 aliphatic heterocycles. The number of rotatable bonds is 2. The summed E-state index contributed by atoms with van der Waals surface area (Å²) in [6.07, 6.45) is 0. The first-order valence-electron chi connectivity index (χ1n) is 6.34. The minimum absolute atomic E-state index is 0.146. The summed E-state index contributed by atoms with van der Waals surface area (Å²) in [4.78, 5) is 12.2. The Bertz CT molecular complexity index is 919. The quantitative estimate of drug-likeness (QED) is 0.720. The molecule has 3 rings (SSSR count). The molecule has 0 N–H and O–H groups in total. The summed E-state index contributed by atoms with van der Waals surface area (Å²) in [6, 6.07) is 15.6. The van der Waals surface area contributed by atoms with E-state index in [0.29, 0.717) is 33.6 Å². The van der Waals surface area contributed by atoms with Crippen molar-refractivity contribution in [3.8, 4) is 23.1 Å². The molecule has 0 aliphatic carbocycles. The molecule has 0 saturated carbocycles. The molecule has 21 heavy (non-hydrogen) atoms. The third kappa shape index (κ3) is 2.26. The highest BCUT2D eigenvalue weighted by Gasteiger charge is 2.11. The van der Waals surface area contributed by atoms with Crippen molar-refractivity contribution >= 4 is 11.0 Å². The van der Waals surface area contributed by atoms with E-state index in [0.717, 1.165) is 0 Å². The van der Waals surface area contributed by atoms with Crippen LogP contribution in [-0.2, 0) is 0 Å². The SMILES string of the molecule is COc1cccc2c(=O)cc(-c3cccc(C#N)c3)oc12. The van der Waals surface area contributed by atoms with Gasteiger partial charge in [-0.15, -0.1) is 0 Å². The maximum absolute atomic E-state index is 12.2. The molecular formula is C17H11NO3. The predicted molar refractivity (Wildman–Crippen MR) is 79.2 cm³/mol. The van der Waals surface area contributed by atoms with Gasteiger partial charge in [0, 0.05) is 11.6 Å². The molecule has 1 aromatic heterocycles. The molecule has 0 unspecified atom stereocenters. The van der Waals surface area contributed by atoms with Crippen LogP contribution in [0.5, 0.6) is 5.75 Å². The molecule has 0 saturated heterocycles. The Morgan fingerprint density at radius 1 is 1.14 bits per heavy atom. The van der Waals surface area contributed by atoms with Gasteiger partial charge in [-0.3, -0.25) is 4.79 Å². The molecule has 0 bridgehead atoms. The van der Waals surface area contributed by atoms with Gasteiger partial charge in [-0.1, -0.05) is 18.2 Å². The Hall–Kier alpha value is -3.06. The van der Waals surface area contributed by atoms with E-state index in [1.807, 2.05) is 0 Å². The lowest BCUT2D eigenvalue weighted by atomic mass is 10.1. The van der Waals surface area contributed by atoms with Crippen LogP contribution in [0.2, 0.25) is 0 Å². The number of hydrogen-bond donors (Lipinski definition) is 0. The summed E-state index contributed by atoms with van der Waals surface area (Å²) in [7, 11) is 1.53. The summed E-state index contributed by atoms with van der Waals surface area (Å²) in [5, 5.41) is 9.42. The molecule has 0 spiro atoms. The van der Waals surface area contributed by atoms with Crippen molar-refractivity contribution < 1.29 is 9.15 Å². The number of nitrogens with zero attached hydrogens (tertiary/aromatic N) is 1. The van der Waals surface area contributed by atoms with Gasteiger partial charge in [-0.25, -0.2) is 0 Å². The highest BCUT2D eigenvalue weighted by molar-refractivity contribution is 5.84. The van der Waals surface area contributed by atoms with Gasteiger partial charge in [0.25, 0.3) is 0 Å². The van der Waals surface area contributed by atoms with Crippen molar-refractivity contribution in [2.24, 2.45) is 0 Å². The number of hydrogen-bond acceptors (Lipinski definition) is 4. The highest BCUT2D eigenvalue weighted by atomic mass is 16.5. The number of ether oxygens (including phenoxy) is 1. The monoisotopic (exact) mass is 277 g/mol. The first kappa shape index (κ1) is 12.9. The van der Waals surface area contributed by atoms with E-state index in [9.17, 15) is 4.79 Å². The average molecular weight is 277 g/mol. The number of fused-ring (bicyclic) bond motifs is 1. The Labute approximate surface area is 120 Å². The lowest BCUT2D eigenvalue weighted by Crippen LogP contribution is -2.01. The minimum Gasteiger partial charge on any atom is -0.493 e. The van der Waals surface area contributed by atoms with Gasteiger partial charge in [-0.2, -0.15) is 5.26 Å². The fourth-order valence-corrected chi connectivity index (χ4v) is 2.20. The zero-order valence-electron chi connectivity index (χ0n) is 11.3. The molecule has 0 radical (unpaired) electrons. The van der Waals surface area contributed by atoms with E-state index in [1.165, 1.54) is 13.2 Å². The largest absolute Gasteiger partial charge is 0.493 e. The van der Waals surface area contributed by atoms with E-state index in [-0.39, 0.29) is 5.43 Å². The molecule has 102 valence electrons. The van der Waals surface area contributed by atoms with Gasteiger partial charge >= 0.3 is 0 Å². The second-order valence-electron chi connectivity index (χ2n) is 4.50. The van der Waals surface area contributed by atoms with Crippen molar-refractivity contribution in [2.45, 2.75) is 0 Å². The Balaban J connectivity index is 2.29. The van der Waals surface area contributed by atoms with E-state index in [2.05, 4.69) is 6.07 Å². The van der Waals surface area contributed by atoms with Gasteiger partial charge in [0.05, 0.1) is 24.1 Å². The van der Waals surface area contributed by atoms with Crippen LogP contribution in [0, 0.1) is 11.3 Å². The maximum atomic E-state index is 12.2. The van der Waals surface area contributed by atoms with Crippen molar-refractivity contribution in [2.75, 3.05) is 7.11 Å². The van der Waals surface area contributed by atoms with Crippen molar-refractivity contribution in [3.05, 3.63) is 64.3 Å². The van der Waals surface area contributed by atoms with Crippen molar-refractivity contribution in [1.82, 2.24) is 0 Å². The number of benzene rings is 2. The third-order valence-corrected chi connectivity index (χ3v) is 3.21. The molecule has 4 nitrogen and oxygen atoms in total. The standard InChI is InChI=1S/C17H11NO3/c1-20-15-7-3-6-13-14(19)9-16(21-17(13)15)12-5-2-4-11(8-12)10-18/h2-9H,1H3. The van der Waals surface area contributed by atoms with Gasteiger partial charge in [0.15, 0.2) is 16.8 Å². The number of methoxy groups -OCH3 is 1. The van der Waals surface area contributed by atoms with Gasteiger partial charge in [-0.05, 0) is 24.3 Å². The summed E-state index contributed by atoms with van der Waals surface area (Å²) in [6.45, 7) is 0. The van der Waals surface area contributed by atoms with Crippen LogP contribution in [0.3, 0.4) is 0 Å². The molecule has 3 aromatic rings. The fourth-order valence-electron chi connectivity index (χ4n) is 2.20. The molecule has 1 heterocycles. The van der Waals surface area contributed by atoms with Gasteiger partial charge < -0.3 is 9.15 Å². The van der Waals surface area contributed by atoms with E-state index in [1.54, 1.807) is 42.5 Å². The van der Waals surface area contributed by atoms with Crippen LogP contribution in [0.4, 0.5) is 0 Å². The lowest BCUT2D eigenvalue weighted by molar-refractivity contribution is 0.410. The topological polar surface area (TPSA) is 63.2 Å². The Morgan fingerprint density at radius 3 is 2.71 bits per heavy atom. The second-order valence-corrected chi connectivity index (χ2v) is 4.50. The first-order valence-corrected chi connectivity index (χ1v) is 6.34. The summed E-state index contributed by atoms with van der Waals surface area (Å²) in [5.74, 6) is 0.914. The number of para-hydroxylation sites is 1. The van der Waals surface area contributed by atoms with Crippen molar-refractivity contribution in [1.29, 1.82) is 5.26 Å². The summed E-state index contributed by atoms with van der Waals surface area (Å²) in [5.41, 5.74) is 1.45. The average Bonchev–Trinajstić information content (AvgIpc) is 2.54. The van der Waals surface area contributed by atoms with Crippen LogP contribution in [0.15, 0.2) is 57.7 Å².